The van der Waals surface area contributed by atoms with Gasteiger partial charge in [0.2, 0.25) is 0 Å². The van der Waals surface area contributed by atoms with Crippen LogP contribution < -0.4 is 9.47 Å². The van der Waals surface area contributed by atoms with Crippen LogP contribution in [0.2, 0.25) is 5.02 Å². The lowest BCUT2D eigenvalue weighted by Crippen LogP contribution is -2.18. The Morgan fingerprint density at radius 1 is 1.00 bits per heavy atom. The van der Waals surface area contributed by atoms with Crippen LogP contribution in [0.3, 0.4) is 0 Å². The van der Waals surface area contributed by atoms with E-state index in [0.717, 1.165) is 46.7 Å². The second-order valence-electron chi connectivity index (χ2n) is 8.34. The molecule has 0 spiro atoms. The van der Waals surface area contributed by atoms with E-state index in [2.05, 4.69) is 22.1 Å². The van der Waals surface area contributed by atoms with E-state index in [1.54, 1.807) is 18.3 Å². The average molecular weight is 473 g/mol. The lowest BCUT2D eigenvalue weighted by atomic mass is 9.87. The highest BCUT2D eigenvalue weighted by Gasteiger charge is 2.25. The molecule has 1 N–H and O–H groups in total. The number of Topliss-reactive ketones (excluding diaryl/α,β-unsaturated/α-hetero) is 1. The van der Waals surface area contributed by atoms with E-state index < -0.39 is 0 Å². The summed E-state index contributed by atoms with van der Waals surface area (Å²) in [5, 5.41) is 0.655. The fraction of sp³-hybridized carbons (Fsp3) is 0.214. The number of halogens is 1. The van der Waals surface area contributed by atoms with E-state index in [-0.39, 0.29) is 11.9 Å². The van der Waals surface area contributed by atoms with Crippen molar-refractivity contribution in [1.82, 2.24) is 9.97 Å². The third kappa shape index (κ3) is 5.00. The first-order valence-corrected chi connectivity index (χ1v) is 11.8. The third-order valence-corrected chi connectivity index (χ3v) is 6.34. The van der Waals surface area contributed by atoms with Gasteiger partial charge in [-0.05, 0) is 60.4 Å². The summed E-state index contributed by atoms with van der Waals surface area (Å²) in [7, 11) is 0. The van der Waals surface area contributed by atoms with E-state index >= 15 is 0 Å². The minimum absolute atomic E-state index is 0.177. The molecule has 1 aliphatic carbocycles. The zero-order valence-electron chi connectivity index (χ0n) is 18.7. The molecule has 6 heteroatoms. The van der Waals surface area contributed by atoms with E-state index in [4.69, 9.17) is 21.1 Å². The summed E-state index contributed by atoms with van der Waals surface area (Å²) in [6, 6.07) is 21.2. The second-order valence-corrected chi connectivity index (χ2v) is 8.78. The number of ether oxygens (including phenoxy) is 2. The maximum atomic E-state index is 12.6. The Balaban J connectivity index is 1.49. The smallest absolute Gasteiger partial charge is 0.163 e. The fourth-order valence-electron chi connectivity index (χ4n) is 4.37. The van der Waals surface area contributed by atoms with E-state index in [0.29, 0.717) is 30.2 Å². The maximum absolute atomic E-state index is 12.6. The van der Waals surface area contributed by atoms with Gasteiger partial charge >= 0.3 is 0 Å². The number of imidazole rings is 1. The number of carbonyl (C=O) groups is 1. The molecule has 34 heavy (non-hydrogen) atoms. The van der Waals surface area contributed by atoms with Gasteiger partial charge in [-0.15, -0.1) is 0 Å². The van der Waals surface area contributed by atoms with Crippen LogP contribution in [-0.4, -0.2) is 15.8 Å². The van der Waals surface area contributed by atoms with Gasteiger partial charge in [0.1, 0.15) is 30.0 Å². The van der Waals surface area contributed by atoms with Crippen molar-refractivity contribution in [2.45, 2.75) is 38.4 Å². The number of nitrogens with one attached hydrogen (secondary N) is 1. The summed E-state index contributed by atoms with van der Waals surface area (Å²) >= 11 is 6.02. The van der Waals surface area contributed by atoms with Gasteiger partial charge in [-0.25, -0.2) is 4.98 Å². The first kappa shape index (κ1) is 22.2. The van der Waals surface area contributed by atoms with Gasteiger partial charge in [0, 0.05) is 41.4 Å². The number of H-pyrrole nitrogens is 1. The normalized spacial score (nSPS) is 13.9. The number of fused-ring (bicyclic) bond motifs is 1. The summed E-state index contributed by atoms with van der Waals surface area (Å²) in [4.78, 5) is 20.2. The van der Waals surface area contributed by atoms with Crippen LogP contribution in [0, 0.1) is 0 Å². The number of carbonyl (C=O) groups excluding carboxylic acids is 1. The van der Waals surface area contributed by atoms with Crippen LogP contribution in [0.15, 0.2) is 79.1 Å². The number of ketones is 1. The molecule has 1 aliphatic rings. The van der Waals surface area contributed by atoms with Gasteiger partial charge in [-0.3, -0.25) is 4.79 Å². The largest absolute Gasteiger partial charge is 0.489 e. The van der Waals surface area contributed by atoms with Crippen LogP contribution in [0.4, 0.5) is 0 Å². The highest BCUT2D eigenvalue weighted by Crippen LogP contribution is 2.35. The van der Waals surface area contributed by atoms with Gasteiger partial charge in [0.15, 0.2) is 5.78 Å². The Hall–Kier alpha value is -3.57. The predicted octanol–water partition coefficient (Wildman–Crippen LogP) is 6.52. The molecule has 1 aromatic heterocycles. The third-order valence-electron chi connectivity index (χ3n) is 6.09. The molecular formula is C28H25ClN2O3. The van der Waals surface area contributed by atoms with Crippen LogP contribution in [0.5, 0.6) is 11.5 Å². The summed E-state index contributed by atoms with van der Waals surface area (Å²) in [5.41, 5.74) is 3.77. The number of hydrogen-bond acceptors (Lipinski definition) is 4. The van der Waals surface area contributed by atoms with E-state index in [1.807, 2.05) is 48.7 Å². The first-order chi connectivity index (χ1) is 16.7. The number of hydrogen-bond donors (Lipinski definition) is 1. The van der Waals surface area contributed by atoms with Crippen molar-refractivity contribution in [2.24, 2.45) is 0 Å². The Labute approximate surface area is 203 Å². The lowest BCUT2D eigenvalue weighted by Gasteiger charge is -2.25. The number of nitrogens with zero attached hydrogens (tertiary/aromatic N) is 1. The molecule has 0 aliphatic heterocycles. The molecule has 0 bridgehead atoms. The number of rotatable bonds is 8. The first-order valence-electron chi connectivity index (χ1n) is 11.4. The molecule has 1 heterocycles. The van der Waals surface area contributed by atoms with Gasteiger partial charge in [0.25, 0.3) is 0 Å². The highest BCUT2D eigenvalue weighted by atomic mass is 35.5. The Kier molecular flexibility index (Phi) is 6.63. The van der Waals surface area contributed by atoms with E-state index in [9.17, 15) is 4.79 Å². The Morgan fingerprint density at radius 2 is 1.82 bits per heavy atom. The zero-order valence-corrected chi connectivity index (χ0v) is 19.4. The van der Waals surface area contributed by atoms with Gasteiger partial charge in [-0.1, -0.05) is 41.9 Å². The average Bonchev–Trinajstić information content (AvgIpc) is 3.38. The number of benzene rings is 3. The maximum Gasteiger partial charge on any atom is 0.163 e. The van der Waals surface area contributed by atoms with Crippen LogP contribution in [-0.2, 0) is 19.4 Å². The second kappa shape index (κ2) is 10.1. The molecule has 172 valence electrons. The summed E-state index contributed by atoms with van der Waals surface area (Å²) in [5.74, 6) is 2.46. The topological polar surface area (TPSA) is 64.2 Å². The Morgan fingerprint density at radius 3 is 2.59 bits per heavy atom. The summed E-state index contributed by atoms with van der Waals surface area (Å²) in [6.07, 6.45) is 6.13. The van der Waals surface area contributed by atoms with Crippen LogP contribution in [0.25, 0.3) is 0 Å². The lowest BCUT2D eigenvalue weighted by molar-refractivity contribution is 0.0971. The molecule has 0 unspecified atom stereocenters. The molecule has 0 saturated heterocycles. The van der Waals surface area contributed by atoms with Gasteiger partial charge < -0.3 is 14.5 Å². The van der Waals surface area contributed by atoms with Crippen molar-refractivity contribution in [1.29, 1.82) is 0 Å². The predicted molar refractivity (Wildman–Crippen MR) is 132 cm³/mol. The monoisotopic (exact) mass is 472 g/mol. The molecule has 5 rings (SSSR count). The molecule has 0 saturated carbocycles. The molecular weight excluding hydrogens is 448 g/mol. The zero-order chi connectivity index (χ0) is 23.3. The van der Waals surface area contributed by atoms with Crippen molar-refractivity contribution < 1.29 is 14.3 Å². The molecule has 0 radical (unpaired) electrons. The molecule has 4 aromatic rings. The van der Waals surface area contributed by atoms with Crippen molar-refractivity contribution in [2.75, 3.05) is 0 Å². The minimum Gasteiger partial charge on any atom is -0.489 e. The molecule has 5 nitrogen and oxygen atoms in total. The molecule has 0 fully saturated rings. The van der Waals surface area contributed by atoms with Crippen molar-refractivity contribution in [3.8, 4) is 11.5 Å². The van der Waals surface area contributed by atoms with Crippen LogP contribution in [0.1, 0.15) is 51.8 Å². The van der Waals surface area contributed by atoms with Gasteiger partial charge in [-0.2, -0.15) is 0 Å². The quantitative estimate of drug-likeness (QED) is 0.317. The molecule has 3 aromatic carbocycles. The summed E-state index contributed by atoms with van der Waals surface area (Å²) in [6.45, 7) is 0.301. The van der Waals surface area contributed by atoms with Crippen molar-refractivity contribution in [3.05, 3.63) is 112 Å². The number of aromatic amines is 1. The fourth-order valence-corrected chi connectivity index (χ4v) is 4.49. The van der Waals surface area contributed by atoms with Crippen molar-refractivity contribution >= 4 is 17.4 Å². The Bertz CT molecular complexity index is 1260. The van der Waals surface area contributed by atoms with Gasteiger partial charge in [0.05, 0.1) is 0 Å². The van der Waals surface area contributed by atoms with Crippen LogP contribution >= 0.6 is 11.6 Å². The molecule has 1 atom stereocenters. The SMILES string of the molecule is O=C1CCCc2c1ccc(O[C@@H](Cc1ncc[nH]1)c1ccccc1)c2COc1ccc(Cl)cc1. The molecule has 0 amide bonds. The van der Waals surface area contributed by atoms with E-state index in [1.165, 1.54) is 0 Å². The number of aromatic nitrogens is 2. The summed E-state index contributed by atoms with van der Waals surface area (Å²) < 4.78 is 12.8. The van der Waals surface area contributed by atoms with Crippen molar-refractivity contribution in [3.63, 3.8) is 0 Å². The highest BCUT2D eigenvalue weighted by molar-refractivity contribution is 6.30. The minimum atomic E-state index is -0.251. The standard InChI is InChI=1S/C28H25ClN2O3/c29-20-9-11-21(12-10-20)33-18-24-22-7-4-8-25(32)23(22)13-14-26(24)34-27(17-28-30-15-16-31-28)19-5-2-1-3-6-19/h1-3,5-6,9-16,27H,4,7-8,17-18H2,(H,30,31)/t27-/m0/s1.